The molecule has 1 saturated heterocycles. The molecular formula is C20H17FN4O. The fourth-order valence-corrected chi connectivity index (χ4v) is 3.40. The zero-order valence-electron chi connectivity index (χ0n) is 14.1. The highest BCUT2D eigenvalue weighted by atomic mass is 19.1. The van der Waals surface area contributed by atoms with Gasteiger partial charge >= 0.3 is 0 Å². The van der Waals surface area contributed by atoms with E-state index in [1.165, 1.54) is 6.07 Å². The monoisotopic (exact) mass is 348 g/mol. The molecule has 0 spiro atoms. The summed E-state index contributed by atoms with van der Waals surface area (Å²) in [6.45, 7) is 2.61. The summed E-state index contributed by atoms with van der Waals surface area (Å²) >= 11 is 0. The van der Waals surface area contributed by atoms with Crippen molar-refractivity contribution in [1.29, 1.82) is 0 Å². The Morgan fingerprint density at radius 2 is 1.88 bits per heavy atom. The SMILES string of the molecule is Fc1cc2[nH]c(-c3cnc4ccccc4c3)nc2cc1N1CCOCC1. The van der Waals surface area contributed by atoms with Gasteiger partial charge in [0.05, 0.1) is 35.5 Å². The van der Waals surface area contributed by atoms with E-state index in [2.05, 4.69) is 15.0 Å². The number of rotatable bonds is 2. The minimum atomic E-state index is -0.244. The van der Waals surface area contributed by atoms with Crippen molar-refractivity contribution >= 4 is 27.6 Å². The van der Waals surface area contributed by atoms with Crippen LogP contribution in [0.25, 0.3) is 33.3 Å². The lowest BCUT2D eigenvalue weighted by molar-refractivity contribution is 0.122. The van der Waals surface area contributed by atoms with Gasteiger partial charge in [-0.05, 0) is 18.2 Å². The van der Waals surface area contributed by atoms with Crippen LogP contribution >= 0.6 is 0 Å². The van der Waals surface area contributed by atoms with Gasteiger partial charge < -0.3 is 14.6 Å². The summed E-state index contributed by atoms with van der Waals surface area (Å²) in [5.74, 6) is 0.447. The fourth-order valence-electron chi connectivity index (χ4n) is 3.40. The van der Waals surface area contributed by atoms with E-state index in [-0.39, 0.29) is 5.82 Å². The van der Waals surface area contributed by atoms with Crippen molar-refractivity contribution in [2.45, 2.75) is 0 Å². The number of ether oxygens (including phenoxy) is 1. The Bertz CT molecular complexity index is 1100. The lowest BCUT2D eigenvalue weighted by atomic mass is 10.1. The van der Waals surface area contributed by atoms with Crippen LogP contribution in [-0.4, -0.2) is 41.3 Å². The molecule has 2 aromatic heterocycles. The van der Waals surface area contributed by atoms with Crippen LogP contribution in [0.5, 0.6) is 0 Å². The molecule has 0 amide bonds. The third-order valence-electron chi connectivity index (χ3n) is 4.77. The molecule has 0 aliphatic carbocycles. The zero-order valence-corrected chi connectivity index (χ0v) is 14.1. The lowest BCUT2D eigenvalue weighted by Gasteiger charge is -2.29. The fraction of sp³-hybridized carbons (Fsp3) is 0.200. The molecule has 5 rings (SSSR count). The number of anilines is 1. The number of pyridine rings is 1. The summed E-state index contributed by atoms with van der Waals surface area (Å²) in [5.41, 5.74) is 3.83. The second-order valence-electron chi connectivity index (χ2n) is 6.42. The maximum atomic E-state index is 14.6. The smallest absolute Gasteiger partial charge is 0.148 e. The number of fused-ring (bicyclic) bond motifs is 2. The van der Waals surface area contributed by atoms with E-state index in [1.807, 2.05) is 41.3 Å². The number of H-pyrrole nitrogens is 1. The van der Waals surface area contributed by atoms with Crippen LogP contribution in [0, 0.1) is 5.82 Å². The number of para-hydroxylation sites is 1. The number of hydrogen-bond donors (Lipinski definition) is 1. The molecule has 6 heteroatoms. The predicted octanol–water partition coefficient (Wildman–Crippen LogP) is 3.75. The van der Waals surface area contributed by atoms with Crippen LogP contribution in [0.4, 0.5) is 10.1 Å². The molecule has 0 saturated carbocycles. The number of nitrogens with one attached hydrogen (secondary N) is 1. The van der Waals surface area contributed by atoms with Gasteiger partial charge in [-0.3, -0.25) is 4.98 Å². The standard InChI is InChI=1S/C20H17FN4O/c21-15-10-17-18(11-19(15)25-5-7-26-8-6-25)24-20(23-17)14-9-13-3-1-2-4-16(13)22-12-14/h1-4,9-12H,5-8H2,(H,23,24). The Kier molecular flexibility index (Phi) is 3.57. The maximum Gasteiger partial charge on any atom is 0.148 e. The van der Waals surface area contributed by atoms with Gasteiger partial charge in [-0.1, -0.05) is 18.2 Å². The van der Waals surface area contributed by atoms with Gasteiger partial charge in [-0.15, -0.1) is 0 Å². The van der Waals surface area contributed by atoms with Crippen LogP contribution < -0.4 is 4.90 Å². The highest BCUT2D eigenvalue weighted by Crippen LogP contribution is 2.28. The minimum Gasteiger partial charge on any atom is -0.378 e. The van der Waals surface area contributed by atoms with Crippen molar-refractivity contribution in [3.8, 4) is 11.4 Å². The minimum absolute atomic E-state index is 0.244. The molecule has 0 radical (unpaired) electrons. The first kappa shape index (κ1) is 15.3. The molecule has 3 heterocycles. The van der Waals surface area contributed by atoms with E-state index in [0.717, 1.165) is 22.0 Å². The average Bonchev–Trinajstić information content (AvgIpc) is 3.10. The van der Waals surface area contributed by atoms with Gasteiger partial charge in [0, 0.05) is 36.3 Å². The molecule has 1 N–H and O–H groups in total. The Balaban J connectivity index is 1.58. The summed E-state index contributed by atoms with van der Waals surface area (Å²) in [6, 6.07) is 13.3. The highest BCUT2D eigenvalue weighted by Gasteiger charge is 2.17. The third kappa shape index (κ3) is 2.59. The molecule has 5 nitrogen and oxygen atoms in total. The molecule has 1 aliphatic heterocycles. The average molecular weight is 348 g/mol. The molecule has 2 aromatic carbocycles. The molecular weight excluding hydrogens is 331 g/mol. The molecule has 0 unspecified atom stereocenters. The van der Waals surface area contributed by atoms with E-state index in [1.54, 1.807) is 6.20 Å². The predicted molar refractivity (Wildman–Crippen MR) is 99.8 cm³/mol. The largest absolute Gasteiger partial charge is 0.378 e. The summed E-state index contributed by atoms with van der Waals surface area (Å²) in [6.07, 6.45) is 1.79. The lowest BCUT2D eigenvalue weighted by Crippen LogP contribution is -2.36. The van der Waals surface area contributed by atoms with Gasteiger partial charge in [0.2, 0.25) is 0 Å². The summed E-state index contributed by atoms with van der Waals surface area (Å²) in [7, 11) is 0. The van der Waals surface area contributed by atoms with Crippen molar-refractivity contribution in [2.75, 3.05) is 31.2 Å². The van der Waals surface area contributed by atoms with Crippen molar-refractivity contribution in [1.82, 2.24) is 15.0 Å². The maximum absolute atomic E-state index is 14.6. The number of halogens is 1. The molecule has 26 heavy (non-hydrogen) atoms. The van der Waals surface area contributed by atoms with Gasteiger partial charge in [0.15, 0.2) is 0 Å². The van der Waals surface area contributed by atoms with Crippen LogP contribution in [0.3, 0.4) is 0 Å². The quantitative estimate of drug-likeness (QED) is 0.599. The van der Waals surface area contributed by atoms with Gasteiger partial charge in [-0.2, -0.15) is 0 Å². The van der Waals surface area contributed by atoms with Crippen molar-refractivity contribution in [3.63, 3.8) is 0 Å². The normalized spacial score (nSPS) is 15.0. The first-order valence-electron chi connectivity index (χ1n) is 8.65. The van der Waals surface area contributed by atoms with Gasteiger partial charge in [0.1, 0.15) is 11.6 Å². The number of morpholine rings is 1. The Hall–Kier alpha value is -2.99. The van der Waals surface area contributed by atoms with E-state index in [0.29, 0.717) is 43.3 Å². The van der Waals surface area contributed by atoms with Crippen LogP contribution in [0.15, 0.2) is 48.7 Å². The molecule has 0 atom stereocenters. The van der Waals surface area contributed by atoms with E-state index in [4.69, 9.17) is 4.74 Å². The van der Waals surface area contributed by atoms with Crippen molar-refractivity contribution in [2.24, 2.45) is 0 Å². The molecule has 1 aliphatic rings. The number of benzene rings is 2. The van der Waals surface area contributed by atoms with Gasteiger partial charge in [0.25, 0.3) is 0 Å². The number of aromatic amines is 1. The summed E-state index contributed by atoms with van der Waals surface area (Å²) < 4.78 is 19.9. The second kappa shape index (κ2) is 6.07. The second-order valence-corrected chi connectivity index (χ2v) is 6.42. The van der Waals surface area contributed by atoms with E-state index < -0.39 is 0 Å². The Morgan fingerprint density at radius 1 is 1.04 bits per heavy atom. The topological polar surface area (TPSA) is 54.0 Å². The zero-order chi connectivity index (χ0) is 17.5. The van der Waals surface area contributed by atoms with Crippen molar-refractivity contribution in [3.05, 3.63) is 54.5 Å². The first-order chi connectivity index (χ1) is 12.8. The third-order valence-corrected chi connectivity index (χ3v) is 4.77. The molecule has 4 aromatic rings. The highest BCUT2D eigenvalue weighted by molar-refractivity contribution is 5.86. The van der Waals surface area contributed by atoms with E-state index in [9.17, 15) is 4.39 Å². The summed E-state index contributed by atoms with van der Waals surface area (Å²) in [5, 5.41) is 1.05. The molecule has 1 fully saturated rings. The van der Waals surface area contributed by atoms with Gasteiger partial charge in [-0.25, -0.2) is 9.37 Å². The Morgan fingerprint density at radius 3 is 2.77 bits per heavy atom. The van der Waals surface area contributed by atoms with Crippen LogP contribution in [0.2, 0.25) is 0 Å². The number of imidazole rings is 1. The summed E-state index contributed by atoms with van der Waals surface area (Å²) in [4.78, 5) is 14.4. The number of hydrogen-bond acceptors (Lipinski definition) is 4. The number of aromatic nitrogens is 3. The van der Waals surface area contributed by atoms with Crippen LogP contribution in [-0.2, 0) is 4.74 Å². The molecule has 0 bridgehead atoms. The number of nitrogens with zero attached hydrogens (tertiary/aromatic N) is 3. The molecule has 130 valence electrons. The van der Waals surface area contributed by atoms with Crippen molar-refractivity contribution < 1.29 is 9.13 Å². The van der Waals surface area contributed by atoms with Crippen LogP contribution in [0.1, 0.15) is 0 Å². The first-order valence-corrected chi connectivity index (χ1v) is 8.65. The van der Waals surface area contributed by atoms with E-state index >= 15 is 0 Å². The Labute approximate surface area is 149 Å².